The van der Waals surface area contributed by atoms with Crippen molar-refractivity contribution in [1.29, 1.82) is 0 Å². The molecule has 0 fully saturated rings. The summed E-state index contributed by atoms with van der Waals surface area (Å²) in [6.07, 6.45) is 0. The number of aromatic amines is 1. The van der Waals surface area contributed by atoms with Crippen molar-refractivity contribution in [3.63, 3.8) is 0 Å². The van der Waals surface area contributed by atoms with E-state index in [2.05, 4.69) is 16.3 Å². The summed E-state index contributed by atoms with van der Waals surface area (Å²) in [6.45, 7) is 0. The van der Waals surface area contributed by atoms with Gasteiger partial charge in [-0.25, -0.2) is 0 Å². The zero-order valence-electron chi connectivity index (χ0n) is 8.57. The van der Waals surface area contributed by atoms with E-state index in [4.69, 9.17) is 5.73 Å². The van der Waals surface area contributed by atoms with E-state index in [0.29, 0.717) is 5.82 Å². The Hall–Kier alpha value is -2.29. The lowest BCUT2D eigenvalue weighted by atomic mass is 10.0. The molecule has 0 unspecified atom stereocenters. The summed E-state index contributed by atoms with van der Waals surface area (Å²) in [4.78, 5) is 0. The minimum Gasteiger partial charge on any atom is -0.382 e. The number of fused-ring (bicyclic) bond motifs is 1. The quantitative estimate of drug-likeness (QED) is 0.645. The Balaban J connectivity index is 2.19. The van der Waals surface area contributed by atoms with Gasteiger partial charge >= 0.3 is 0 Å². The average Bonchev–Trinajstić information content (AvgIpc) is 2.72. The fraction of sp³-hybridized carbons (Fsp3) is 0. The predicted molar refractivity (Wildman–Crippen MR) is 64.8 cm³/mol. The number of benzene rings is 2. The van der Waals surface area contributed by atoms with Gasteiger partial charge in [0.25, 0.3) is 0 Å². The first kappa shape index (κ1) is 8.97. The normalized spacial score (nSPS) is 10.8. The van der Waals surface area contributed by atoms with E-state index in [1.165, 1.54) is 0 Å². The third-order valence-electron chi connectivity index (χ3n) is 2.64. The van der Waals surface area contributed by atoms with Crippen LogP contribution in [0.5, 0.6) is 0 Å². The fourth-order valence-electron chi connectivity index (χ4n) is 1.80. The van der Waals surface area contributed by atoms with Crippen LogP contribution < -0.4 is 5.73 Å². The minimum absolute atomic E-state index is 0.544. The number of anilines is 1. The van der Waals surface area contributed by atoms with Crippen molar-refractivity contribution in [3.05, 3.63) is 48.5 Å². The Morgan fingerprint density at radius 3 is 2.69 bits per heavy atom. The van der Waals surface area contributed by atoms with Crippen molar-refractivity contribution >= 4 is 16.7 Å². The standard InChI is InChI=1S/C13H10N3/c14-13-11-7-6-10(8-12(11)15-16-13)9-4-2-1-3-5-9/h2-8H,(H3,14,15,16). The van der Waals surface area contributed by atoms with Crippen LogP contribution in [0.25, 0.3) is 22.0 Å². The maximum Gasteiger partial charge on any atom is 0.153 e. The molecule has 1 heterocycles. The third kappa shape index (κ3) is 1.34. The molecule has 0 saturated heterocycles. The summed E-state index contributed by atoms with van der Waals surface area (Å²) < 4.78 is 0. The third-order valence-corrected chi connectivity index (χ3v) is 2.64. The number of H-pyrrole nitrogens is 1. The van der Waals surface area contributed by atoms with Crippen LogP contribution in [0.1, 0.15) is 0 Å². The predicted octanol–water partition coefficient (Wildman–Crippen LogP) is 2.61. The molecule has 0 aliphatic rings. The van der Waals surface area contributed by atoms with Crippen LogP contribution in [-0.2, 0) is 0 Å². The maximum atomic E-state index is 5.72. The van der Waals surface area contributed by atoms with Gasteiger partial charge in [-0.3, -0.25) is 5.10 Å². The number of nitrogens with zero attached hydrogens (tertiary/aromatic N) is 1. The van der Waals surface area contributed by atoms with E-state index >= 15 is 0 Å². The fourth-order valence-corrected chi connectivity index (χ4v) is 1.80. The maximum absolute atomic E-state index is 5.72. The molecule has 0 saturated carbocycles. The Kier molecular flexibility index (Phi) is 1.90. The first-order valence-electron chi connectivity index (χ1n) is 5.05. The van der Waals surface area contributed by atoms with Gasteiger partial charge in [0, 0.05) is 5.39 Å². The van der Waals surface area contributed by atoms with Crippen LogP contribution in [-0.4, -0.2) is 10.2 Å². The largest absolute Gasteiger partial charge is 0.382 e. The van der Waals surface area contributed by atoms with Crippen LogP contribution in [0.2, 0.25) is 0 Å². The molecule has 3 nitrogen and oxygen atoms in total. The van der Waals surface area contributed by atoms with E-state index in [9.17, 15) is 0 Å². The van der Waals surface area contributed by atoms with Crippen LogP contribution in [0.4, 0.5) is 5.82 Å². The number of nitrogen functional groups attached to an aromatic ring is 1. The Bertz CT molecular complexity index is 626. The molecule has 0 atom stereocenters. The van der Waals surface area contributed by atoms with Gasteiger partial charge in [-0.2, -0.15) is 5.10 Å². The summed E-state index contributed by atoms with van der Waals surface area (Å²) in [6, 6.07) is 16.9. The topological polar surface area (TPSA) is 54.7 Å². The smallest absolute Gasteiger partial charge is 0.153 e. The van der Waals surface area contributed by atoms with E-state index in [1.807, 2.05) is 42.5 Å². The molecule has 0 spiro atoms. The molecule has 0 aliphatic heterocycles. The number of aromatic nitrogens is 2. The Labute approximate surface area is 92.9 Å². The second-order valence-electron chi connectivity index (χ2n) is 3.66. The molecule has 77 valence electrons. The Morgan fingerprint density at radius 1 is 1.06 bits per heavy atom. The number of nitrogens with two attached hydrogens (primary N) is 1. The van der Waals surface area contributed by atoms with Crippen molar-refractivity contribution < 1.29 is 0 Å². The molecule has 3 heteroatoms. The Morgan fingerprint density at radius 2 is 1.88 bits per heavy atom. The lowest BCUT2D eigenvalue weighted by Crippen LogP contribution is -1.83. The molecule has 0 amide bonds. The van der Waals surface area contributed by atoms with Crippen molar-refractivity contribution in [1.82, 2.24) is 10.2 Å². The molecule has 1 aromatic heterocycles. The van der Waals surface area contributed by atoms with Crippen LogP contribution in [0.15, 0.2) is 42.5 Å². The summed E-state index contributed by atoms with van der Waals surface area (Å²) >= 11 is 0. The molecule has 16 heavy (non-hydrogen) atoms. The molecule has 3 rings (SSSR count). The molecule has 0 aliphatic carbocycles. The molecule has 3 aromatic rings. The highest BCUT2D eigenvalue weighted by Crippen LogP contribution is 2.25. The lowest BCUT2D eigenvalue weighted by molar-refractivity contribution is 1.13. The highest BCUT2D eigenvalue weighted by molar-refractivity contribution is 5.91. The van der Waals surface area contributed by atoms with Gasteiger partial charge in [0.05, 0.1) is 5.52 Å². The molecular weight excluding hydrogens is 198 g/mol. The van der Waals surface area contributed by atoms with E-state index in [1.54, 1.807) is 0 Å². The zero-order valence-corrected chi connectivity index (χ0v) is 8.57. The molecule has 3 N–H and O–H groups in total. The van der Waals surface area contributed by atoms with Crippen molar-refractivity contribution in [3.8, 4) is 11.1 Å². The summed E-state index contributed by atoms with van der Waals surface area (Å²) in [7, 11) is 0. The number of rotatable bonds is 1. The van der Waals surface area contributed by atoms with E-state index in [-0.39, 0.29) is 0 Å². The number of hydrogen-bond donors (Lipinski definition) is 2. The SMILES string of the molecule is Nc1n[nH]c2cc(-c3cc[c]cc3)ccc12. The summed E-state index contributed by atoms with van der Waals surface area (Å²) in [5.41, 5.74) is 8.98. The van der Waals surface area contributed by atoms with Crippen LogP contribution in [0, 0.1) is 6.07 Å². The summed E-state index contributed by atoms with van der Waals surface area (Å²) in [5, 5.41) is 7.86. The monoisotopic (exact) mass is 208 g/mol. The first-order valence-corrected chi connectivity index (χ1v) is 5.05. The van der Waals surface area contributed by atoms with Crippen LogP contribution in [0.3, 0.4) is 0 Å². The van der Waals surface area contributed by atoms with Gasteiger partial charge in [-0.05, 0) is 29.3 Å². The van der Waals surface area contributed by atoms with Gasteiger partial charge in [-0.15, -0.1) is 0 Å². The molecule has 1 radical (unpaired) electrons. The van der Waals surface area contributed by atoms with Crippen LogP contribution >= 0.6 is 0 Å². The van der Waals surface area contributed by atoms with Gasteiger partial charge in [-0.1, -0.05) is 30.3 Å². The highest BCUT2D eigenvalue weighted by Gasteiger charge is 2.03. The van der Waals surface area contributed by atoms with Crippen molar-refractivity contribution in [2.75, 3.05) is 5.73 Å². The molecule has 2 aromatic carbocycles. The van der Waals surface area contributed by atoms with Gasteiger partial charge in [0.2, 0.25) is 0 Å². The second-order valence-corrected chi connectivity index (χ2v) is 3.66. The van der Waals surface area contributed by atoms with Gasteiger partial charge < -0.3 is 5.73 Å². The van der Waals surface area contributed by atoms with Gasteiger partial charge in [0.1, 0.15) is 0 Å². The second kappa shape index (κ2) is 3.38. The van der Waals surface area contributed by atoms with E-state index < -0.39 is 0 Å². The number of hydrogen-bond acceptors (Lipinski definition) is 2. The average molecular weight is 208 g/mol. The lowest BCUT2D eigenvalue weighted by Gasteiger charge is -2.00. The zero-order chi connectivity index (χ0) is 11.0. The molecule has 0 bridgehead atoms. The molecular formula is C13H10N3. The first-order chi connectivity index (χ1) is 7.84. The summed E-state index contributed by atoms with van der Waals surface area (Å²) in [5.74, 6) is 0.544. The van der Waals surface area contributed by atoms with Gasteiger partial charge in [0.15, 0.2) is 5.82 Å². The van der Waals surface area contributed by atoms with Crippen molar-refractivity contribution in [2.45, 2.75) is 0 Å². The minimum atomic E-state index is 0.544. The number of nitrogens with one attached hydrogen (secondary N) is 1. The van der Waals surface area contributed by atoms with Crippen molar-refractivity contribution in [2.24, 2.45) is 0 Å². The van der Waals surface area contributed by atoms with E-state index in [0.717, 1.165) is 22.0 Å². The highest BCUT2D eigenvalue weighted by atomic mass is 15.1.